The molecule has 0 aromatic carbocycles. The van der Waals surface area contributed by atoms with Crippen LogP contribution >= 0.6 is 24.2 Å². The summed E-state index contributed by atoms with van der Waals surface area (Å²) in [6.07, 6.45) is 4.13. The zero-order chi connectivity index (χ0) is 14.8. The number of rotatable bonds is 3. The number of hydrogen-bond acceptors (Lipinski definition) is 7. The molecular weight excluding hydrogens is 326 g/mol. The predicted octanol–water partition coefficient (Wildman–Crippen LogP) is 0.468. The van der Waals surface area contributed by atoms with Crippen molar-refractivity contribution >= 4 is 29.3 Å². The van der Waals surface area contributed by atoms with E-state index in [0.29, 0.717) is 12.6 Å². The van der Waals surface area contributed by atoms with Gasteiger partial charge in [-0.25, -0.2) is 0 Å². The van der Waals surface area contributed by atoms with Crippen molar-refractivity contribution in [3.63, 3.8) is 0 Å². The minimum Gasteiger partial charge on any atom is -0.388 e. The van der Waals surface area contributed by atoms with Crippen molar-refractivity contribution in [3.8, 4) is 0 Å². The van der Waals surface area contributed by atoms with E-state index in [9.17, 15) is 10.2 Å². The van der Waals surface area contributed by atoms with Gasteiger partial charge in [-0.15, -0.1) is 12.4 Å². The van der Waals surface area contributed by atoms with Crippen LogP contribution in [0.1, 0.15) is 32.1 Å². The van der Waals surface area contributed by atoms with E-state index in [1.165, 1.54) is 43.9 Å². The summed E-state index contributed by atoms with van der Waals surface area (Å²) in [5.74, 6) is 0. The number of amidine groups is 1. The SMILES string of the molecule is CNC1=N[C@@H]2[C@@H](O)[C@H](O)[C@@H](CNC3CCCCC3)O[C@@H]2S1.Cl. The van der Waals surface area contributed by atoms with Crippen molar-refractivity contribution < 1.29 is 14.9 Å². The van der Waals surface area contributed by atoms with E-state index in [-0.39, 0.29) is 30.0 Å². The molecule has 5 atom stereocenters. The zero-order valence-corrected chi connectivity index (χ0v) is 14.4. The van der Waals surface area contributed by atoms with Crippen molar-refractivity contribution in [1.82, 2.24) is 10.6 Å². The van der Waals surface area contributed by atoms with Gasteiger partial charge >= 0.3 is 0 Å². The number of nitrogens with one attached hydrogen (secondary N) is 2. The summed E-state index contributed by atoms with van der Waals surface area (Å²) in [5.41, 5.74) is -0.205. The van der Waals surface area contributed by atoms with Crippen molar-refractivity contribution in [2.45, 2.75) is 67.9 Å². The highest BCUT2D eigenvalue weighted by Gasteiger charge is 2.47. The highest BCUT2D eigenvalue weighted by molar-refractivity contribution is 8.14. The van der Waals surface area contributed by atoms with Gasteiger partial charge in [-0.05, 0) is 12.8 Å². The highest BCUT2D eigenvalue weighted by atomic mass is 35.5. The van der Waals surface area contributed by atoms with Crippen molar-refractivity contribution in [2.75, 3.05) is 13.6 Å². The number of nitrogens with zero attached hydrogens (tertiary/aromatic N) is 1. The fourth-order valence-corrected chi connectivity index (χ4v) is 4.39. The molecule has 0 aromatic heterocycles. The number of fused-ring (bicyclic) bond motifs is 1. The summed E-state index contributed by atoms with van der Waals surface area (Å²) in [6.45, 7) is 0.585. The van der Waals surface area contributed by atoms with Crippen LogP contribution in [0, 0.1) is 0 Å². The normalized spacial score (nSPS) is 38.9. The van der Waals surface area contributed by atoms with Crippen molar-refractivity contribution in [1.29, 1.82) is 0 Å². The third kappa shape index (κ3) is 3.88. The molecule has 4 N–H and O–H groups in total. The molecule has 0 aromatic rings. The van der Waals surface area contributed by atoms with E-state index in [0.717, 1.165) is 5.17 Å². The number of aliphatic hydroxyl groups is 2. The molecular formula is C14H26ClN3O3S. The van der Waals surface area contributed by atoms with Gasteiger partial charge in [0.05, 0.1) is 0 Å². The lowest BCUT2D eigenvalue weighted by Crippen LogP contribution is -2.58. The molecule has 22 heavy (non-hydrogen) atoms. The minimum atomic E-state index is -0.886. The van der Waals surface area contributed by atoms with Gasteiger partial charge < -0.3 is 25.6 Å². The minimum absolute atomic E-state index is 0. The largest absolute Gasteiger partial charge is 0.388 e. The van der Waals surface area contributed by atoms with E-state index in [1.807, 2.05) is 0 Å². The molecule has 8 heteroatoms. The molecule has 128 valence electrons. The van der Waals surface area contributed by atoms with E-state index in [1.54, 1.807) is 7.05 Å². The summed E-state index contributed by atoms with van der Waals surface area (Å²) in [6, 6.07) is 0.142. The van der Waals surface area contributed by atoms with Gasteiger partial charge in [0.15, 0.2) is 5.17 Å². The first-order valence-corrected chi connectivity index (χ1v) is 8.74. The van der Waals surface area contributed by atoms with Crippen LogP contribution in [0.4, 0.5) is 0 Å². The molecule has 2 fully saturated rings. The molecule has 1 aliphatic carbocycles. The number of hydrogen-bond donors (Lipinski definition) is 4. The molecule has 0 bridgehead atoms. The molecule has 1 saturated carbocycles. The average Bonchev–Trinajstić information content (AvgIpc) is 2.94. The van der Waals surface area contributed by atoms with E-state index < -0.39 is 12.2 Å². The standard InChI is InChI=1S/C14H25N3O3S.ClH/c1-15-14-17-10-12(19)11(18)9(20-13(10)21-14)7-16-8-5-3-2-4-6-8;/h8-13,16,18-19H,2-7H2,1H3,(H,15,17);1H/t9-,10-,11-,12-,13-;/m1./s1. The first-order chi connectivity index (χ1) is 10.2. The lowest BCUT2D eigenvalue weighted by atomic mass is 9.94. The second-order valence-corrected chi connectivity index (χ2v) is 7.15. The fourth-order valence-electron chi connectivity index (χ4n) is 3.31. The first-order valence-electron chi connectivity index (χ1n) is 7.86. The average molecular weight is 352 g/mol. The number of thioether (sulfide) groups is 1. The third-order valence-electron chi connectivity index (χ3n) is 4.59. The number of ether oxygens (including phenoxy) is 1. The van der Waals surface area contributed by atoms with Crippen LogP contribution in [-0.4, -0.2) is 64.8 Å². The number of aliphatic hydroxyl groups excluding tert-OH is 2. The predicted molar refractivity (Wildman–Crippen MR) is 90.7 cm³/mol. The Labute approximate surface area is 141 Å². The molecule has 6 nitrogen and oxygen atoms in total. The maximum Gasteiger partial charge on any atom is 0.159 e. The summed E-state index contributed by atoms with van der Waals surface area (Å²) >= 11 is 1.48. The summed E-state index contributed by atoms with van der Waals surface area (Å²) in [7, 11) is 1.80. The van der Waals surface area contributed by atoms with Crippen molar-refractivity contribution in [2.24, 2.45) is 4.99 Å². The molecule has 0 amide bonds. The Kier molecular flexibility index (Phi) is 6.79. The Balaban J connectivity index is 0.00000176. The number of aliphatic imine (C=N–C) groups is 1. The Morgan fingerprint density at radius 3 is 2.64 bits per heavy atom. The number of halogens is 1. The van der Waals surface area contributed by atoms with Gasteiger partial charge in [-0.1, -0.05) is 31.0 Å². The molecule has 0 spiro atoms. The molecule has 2 aliphatic heterocycles. The Hall–Kier alpha value is -0.0500. The second kappa shape index (κ2) is 8.17. The first kappa shape index (κ1) is 18.3. The maximum absolute atomic E-state index is 10.3. The van der Waals surface area contributed by atoms with Gasteiger partial charge in [0, 0.05) is 19.6 Å². The monoisotopic (exact) mass is 351 g/mol. The molecule has 0 radical (unpaired) electrons. The van der Waals surface area contributed by atoms with Gasteiger partial charge in [0.2, 0.25) is 0 Å². The van der Waals surface area contributed by atoms with Gasteiger partial charge in [0.25, 0.3) is 0 Å². The quantitative estimate of drug-likeness (QED) is 0.591. The highest BCUT2D eigenvalue weighted by Crippen LogP contribution is 2.35. The van der Waals surface area contributed by atoms with E-state index in [4.69, 9.17) is 4.74 Å². The van der Waals surface area contributed by atoms with E-state index in [2.05, 4.69) is 15.6 Å². The Morgan fingerprint density at radius 2 is 1.95 bits per heavy atom. The van der Waals surface area contributed by atoms with Crippen LogP contribution in [0.5, 0.6) is 0 Å². The molecule has 3 aliphatic rings. The van der Waals surface area contributed by atoms with Crippen LogP contribution in [0.15, 0.2) is 4.99 Å². The third-order valence-corrected chi connectivity index (χ3v) is 5.74. The molecule has 2 heterocycles. The topological polar surface area (TPSA) is 86.1 Å². The zero-order valence-electron chi connectivity index (χ0n) is 12.8. The van der Waals surface area contributed by atoms with Crippen LogP contribution < -0.4 is 10.6 Å². The maximum atomic E-state index is 10.3. The summed E-state index contributed by atoms with van der Waals surface area (Å²) in [4.78, 5) is 4.36. The molecule has 3 rings (SSSR count). The van der Waals surface area contributed by atoms with Gasteiger partial charge in [0.1, 0.15) is 29.8 Å². The summed E-state index contributed by atoms with van der Waals surface area (Å²) < 4.78 is 5.95. The van der Waals surface area contributed by atoms with Crippen molar-refractivity contribution in [3.05, 3.63) is 0 Å². The lowest BCUT2D eigenvalue weighted by molar-refractivity contribution is -0.151. The molecule has 1 saturated heterocycles. The smallest absolute Gasteiger partial charge is 0.159 e. The second-order valence-electron chi connectivity index (χ2n) is 6.06. The fraction of sp³-hybridized carbons (Fsp3) is 0.929. The van der Waals surface area contributed by atoms with Gasteiger partial charge in [-0.3, -0.25) is 4.99 Å². The van der Waals surface area contributed by atoms with Gasteiger partial charge in [-0.2, -0.15) is 0 Å². The van der Waals surface area contributed by atoms with Crippen LogP contribution in [0.25, 0.3) is 0 Å². The summed E-state index contributed by atoms with van der Waals surface area (Å²) in [5, 5.41) is 27.8. The Morgan fingerprint density at radius 1 is 1.23 bits per heavy atom. The lowest BCUT2D eigenvalue weighted by Gasteiger charge is -2.39. The van der Waals surface area contributed by atoms with Crippen LogP contribution in [-0.2, 0) is 4.74 Å². The Bertz CT molecular complexity index is 396. The molecule has 0 unspecified atom stereocenters. The van der Waals surface area contributed by atoms with Crippen LogP contribution in [0.3, 0.4) is 0 Å². The van der Waals surface area contributed by atoms with E-state index >= 15 is 0 Å². The van der Waals surface area contributed by atoms with Crippen LogP contribution in [0.2, 0.25) is 0 Å².